The van der Waals surface area contributed by atoms with Gasteiger partial charge in [-0.3, -0.25) is 0 Å². The first kappa shape index (κ1) is 4.05. The molecular weight excluding hydrogens is 90.1 g/mol. The van der Waals surface area contributed by atoms with E-state index in [1.165, 1.54) is 12.4 Å². The number of hydrogen-bond acceptors (Lipinski definition) is 3. The molecule has 0 saturated heterocycles. The van der Waals surface area contributed by atoms with Gasteiger partial charge in [-0.25, -0.2) is 9.97 Å². The van der Waals surface area contributed by atoms with E-state index in [9.17, 15) is 0 Å². The quantitative estimate of drug-likeness (QED) is 0.486. The number of hydrogen-bond donors (Lipinski definition) is 1. The Morgan fingerprint density at radius 1 is 1.57 bits per heavy atom. The molecule has 0 aliphatic heterocycles. The first-order valence-corrected chi connectivity index (χ1v) is 1.84. The molecule has 0 aliphatic carbocycles. The zero-order valence-electron chi connectivity index (χ0n) is 3.63. The summed E-state index contributed by atoms with van der Waals surface area (Å²) in [5.74, 6) is 0.336. The van der Waals surface area contributed by atoms with Crippen molar-refractivity contribution in [2.45, 2.75) is 0 Å². The van der Waals surface area contributed by atoms with Gasteiger partial charge in [0.15, 0.2) is 5.82 Å². The molecule has 1 rings (SSSR count). The number of nitrogen functional groups attached to an aromatic ring is 1. The van der Waals surface area contributed by atoms with Gasteiger partial charge >= 0.3 is 0 Å². The van der Waals surface area contributed by atoms with Crippen LogP contribution >= 0.6 is 0 Å². The van der Waals surface area contributed by atoms with Crippen molar-refractivity contribution in [3.63, 3.8) is 0 Å². The zero-order chi connectivity index (χ0) is 5.11. The molecular formula is C4H4N3. The van der Waals surface area contributed by atoms with E-state index in [0.29, 0.717) is 5.82 Å². The Labute approximate surface area is 41.2 Å². The summed E-state index contributed by atoms with van der Waals surface area (Å²) >= 11 is 0. The topological polar surface area (TPSA) is 51.8 Å². The van der Waals surface area contributed by atoms with Gasteiger partial charge in [0.05, 0.1) is 0 Å². The van der Waals surface area contributed by atoms with Crippen molar-refractivity contribution in [1.82, 2.24) is 9.97 Å². The SMILES string of the molecule is Nc1[c]nccn1. The largest absolute Gasteiger partial charge is 0.382 e. The third-order valence-corrected chi connectivity index (χ3v) is 0.534. The van der Waals surface area contributed by atoms with Crippen molar-refractivity contribution >= 4 is 5.82 Å². The molecule has 0 atom stereocenters. The third kappa shape index (κ3) is 0.855. The van der Waals surface area contributed by atoms with Crippen LogP contribution in [0.4, 0.5) is 5.82 Å². The number of aromatic nitrogens is 2. The van der Waals surface area contributed by atoms with E-state index < -0.39 is 0 Å². The minimum atomic E-state index is 0.336. The summed E-state index contributed by atoms with van der Waals surface area (Å²) in [4.78, 5) is 7.21. The lowest BCUT2D eigenvalue weighted by Gasteiger charge is -1.81. The summed E-state index contributed by atoms with van der Waals surface area (Å²) in [6, 6.07) is 0. The zero-order valence-corrected chi connectivity index (χ0v) is 3.63. The Balaban J connectivity index is 3.02. The van der Waals surface area contributed by atoms with Gasteiger partial charge in [-0.05, 0) is 0 Å². The maximum absolute atomic E-state index is 5.13. The second-order valence-electron chi connectivity index (χ2n) is 1.05. The van der Waals surface area contributed by atoms with Crippen molar-refractivity contribution in [2.24, 2.45) is 0 Å². The van der Waals surface area contributed by atoms with Gasteiger partial charge in [0.25, 0.3) is 0 Å². The lowest BCUT2D eigenvalue weighted by Crippen LogP contribution is -1.88. The predicted octanol–water partition coefficient (Wildman–Crippen LogP) is -0.141. The molecule has 7 heavy (non-hydrogen) atoms. The monoisotopic (exact) mass is 94.0 g/mol. The summed E-state index contributed by atoms with van der Waals surface area (Å²) in [7, 11) is 0. The standard InChI is InChI=1S/C4H4N3/c5-4-3-6-1-2-7-4/h1-2H,(H2,5,7). The second kappa shape index (κ2) is 1.55. The minimum absolute atomic E-state index is 0.336. The van der Waals surface area contributed by atoms with Crippen LogP contribution in [0.15, 0.2) is 12.4 Å². The van der Waals surface area contributed by atoms with Gasteiger partial charge < -0.3 is 5.73 Å². The van der Waals surface area contributed by atoms with E-state index in [-0.39, 0.29) is 0 Å². The van der Waals surface area contributed by atoms with E-state index >= 15 is 0 Å². The molecule has 2 N–H and O–H groups in total. The van der Waals surface area contributed by atoms with Gasteiger partial charge in [-0.15, -0.1) is 0 Å². The van der Waals surface area contributed by atoms with Gasteiger partial charge in [0.2, 0.25) is 0 Å². The Kier molecular flexibility index (Phi) is 0.898. The van der Waals surface area contributed by atoms with E-state index in [1.807, 2.05) is 0 Å². The first-order chi connectivity index (χ1) is 3.39. The van der Waals surface area contributed by atoms with Crippen molar-refractivity contribution in [2.75, 3.05) is 5.73 Å². The highest BCUT2D eigenvalue weighted by Crippen LogP contribution is 1.83. The maximum atomic E-state index is 5.13. The summed E-state index contributed by atoms with van der Waals surface area (Å²) in [5, 5.41) is 0. The molecule has 1 aromatic heterocycles. The number of rotatable bonds is 0. The molecule has 0 fully saturated rings. The Morgan fingerprint density at radius 2 is 2.43 bits per heavy atom. The normalized spacial score (nSPS) is 8.57. The van der Waals surface area contributed by atoms with E-state index in [0.717, 1.165) is 0 Å². The Morgan fingerprint density at radius 3 is 2.71 bits per heavy atom. The summed E-state index contributed by atoms with van der Waals surface area (Å²) in [5.41, 5.74) is 5.13. The molecule has 0 saturated carbocycles. The lowest BCUT2D eigenvalue weighted by molar-refractivity contribution is 1.20. The van der Waals surface area contributed by atoms with Crippen LogP contribution in [0.1, 0.15) is 0 Å². The summed E-state index contributed by atoms with van der Waals surface area (Å²) < 4.78 is 0. The first-order valence-electron chi connectivity index (χ1n) is 1.84. The van der Waals surface area contributed by atoms with Crippen LogP contribution < -0.4 is 5.73 Å². The molecule has 35 valence electrons. The van der Waals surface area contributed by atoms with Gasteiger partial charge in [-0.1, -0.05) is 0 Å². The van der Waals surface area contributed by atoms with Gasteiger partial charge in [-0.2, -0.15) is 0 Å². The molecule has 0 aromatic carbocycles. The van der Waals surface area contributed by atoms with Gasteiger partial charge in [0, 0.05) is 12.4 Å². The molecule has 0 unspecified atom stereocenters. The molecule has 0 aliphatic rings. The highest BCUT2D eigenvalue weighted by molar-refractivity contribution is 5.18. The number of nitrogens with two attached hydrogens (primary N) is 1. The summed E-state index contributed by atoms with van der Waals surface area (Å²) in [6.07, 6.45) is 5.49. The predicted molar refractivity (Wildman–Crippen MR) is 25.3 cm³/mol. The van der Waals surface area contributed by atoms with Crippen LogP contribution in [-0.4, -0.2) is 9.97 Å². The van der Waals surface area contributed by atoms with Crippen LogP contribution in [0.5, 0.6) is 0 Å². The average molecular weight is 94.1 g/mol. The molecule has 0 spiro atoms. The van der Waals surface area contributed by atoms with Crippen LogP contribution in [0.3, 0.4) is 0 Å². The molecule has 0 bridgehead atoms. The van der Waals surface area contributed by atoms with E-state index in [1.54, 1.807) is 0 Å². The van der Waals surface area contributed by atoms with Crippen molar-refractivity contribution in [3.8, 4) is 0 Å². The molecule has 1 radical (unpaired) electrons. The Bertz CT molecular complexity index is 137. The van der Waals surface area contributed by atoms with Crippen LogP contribution in [0.2, 0.25) is 0 Å². The summed E-state index contributed by atoms with van der Waals surface area (Å²) in [6.45, 7) is 0. The second-order valence-corrected chi connectivity index (χ2v) is 1.05. The number of nitrogens with zero attached hydrogens (tertiary/aromatic N) is 2. The van der Waals surface area contributed by atoms with Crippen LogP contribution in [0.25, 0.3) is 0 Å². The fourth-order valence-electron chi connectivity index (χ4n) is 0.279. The number of anilines is 1. The smallest absolute Gasteiger partial charge is 0.151 e. The molecule has 1 aromatic rings. The Hall–Kier alpha value is -1.12. The fraction of sp³-hybridized carbons (Fsp3) is 0. The fourth-order valence-corrected chi connectivity index (χ4v) is 0.279. The molecule has 0 amide bonds. The maximum Gasteiger partial charge on any atom is 0.151 e. The highest BCUT2D eigenvalue weighted by atomic mass is 14.9. The van der Waals surface area contributed by atoms with Crippen molar-refractivity contribution < 1.29 is 0 Å². The highest BCUT2D eigenvalue weighted by Gasteiger charge is 1.76. The van der Waals surface area contributed by atoms with Gasteiger partial charge in [0.1, 0.15) is 6.20 Å². The van der Waals surface area contributed by atoms with Crippen molar-refractivity contribution in [1.29, 1.82) is 0 Å². The third-order valence-electron chi connectivity index (χ3n) is 0.534. The average Bonchev–Trinajstić information content (AvgIpc) is 1.69. The van der Waals surface area contributed by atoms with E-state index in [2.05, 4.69) is 16.2 Å². The molecule has 3 nitrogen and oxygen atoms in total. The molecule has 1 heterocycles. The minimum Gasteiger partial charge on any atom is -0.382 e. The lowest BCUT2D eigenvalue weighted by atomic mass is 10.7. The van der Waals surface area contributed by atoms with Crippen LogP contribution in [-0.2, 0) is 0 Å². The van der Waals surface area contributed by atoms with Crippen molar-refractivity contribution in [3.05, 3.63) is 18.6 Å². The van der Waals surface area contributed by atoms with Crippen LogP contribution in [0, 0.1) is 6.20 Å². The van der Waals surface area contributed by atoms with E-state index in [4.69, 9.17) is 5.73 Å². The molecule has 3 heteroatoms.